The molecule has 6 rings (SSSR count). The Hall–Kier alpha value is -3.53. The molecule has 3 aliphatic rings. The van der Waals surface area contributed by atoms with Crippen LogP contribution in [0.5, 0.6) is 0 Å². The molecule has 28 heavy (non-hydrogen) atoms. The Morgan fingerprint density at radius 2 is 1.61 bits per heavy atom. The number of para-hydroxylation sites is 2. The van der Waals surface area contributed by atoms with Crippen LogP contribution in [0.4, 0.5) is 11.4 Å². The fourth-order valence-electron chi connectivity index (χ4n) is 4.62. The van der Waals surface area contributed by atoms with Gasteiger partial charge in [0.15, 0.2) is 0 Å². The number of carbonyl (C=O) groups is 1. The van der Waals surface area contributed by atoms with Gasteiger partial charge in [0.25, 0.3) is 5.91 Å². The van der Waals surface area contributed by atoms with Crippen molar-refractivity contribution in [2.24, 2.45) is 0 Å². The van der Waals surface area contributed by atoms with Crippen molar-refractivity contribution in [3.05, 3.63) is 94.7 Å². The first-order chi connectivity index (χ1) is 13.8. The topological polar surface area (TPSA) is 53.2 Å². The third kappa shape index (κ3) is 2.21. The summed E-state index contributed by atoms with van der Waals surface area (Å²) in [4.78, 5) is 12.7. The van der Waals surface area contributed by atoms with Gasteiger partial charge in [-0.25, -0.2) is 0 Å². The minimum atomic E-state index is -0.178. The van der Waals surface area contributed by atoms with Crippen molar-refractivity contribution in [3.63, 3.8) is 0 Å². The van der Waals surface area contributed by atoms with Gasteiger partial charge in [-0.05, 0) is 46.4 Å². The number of nitrogens with one attached hydrogen (secondary N) is 3. The maximum absolute atomic E-state index is 12.7. The number of hydrogen-bond acceptors (Lipinski definition) is 3. The van der Waals surface area contributed by atoms with Crippen LogP contribution in [-0.4, -0.2) is 12.5 Å². The van der Waals surface area contributed by atoms with Crippen molar-refractivity contribution in [2.75, 3.05) is 17.2 Å². The first-order valence-electron chi connectivity index (χ1n) is 9.63. The summed E-state index contributed by atoms with van der Waals surface area (Å²) >= 11 is 0. The Bertz CT molecular complexity index is 1180. The fraction of sp³-hybridized carbons (Fsp3) is 0.125. The van der Waals surface area contributed by atoms with E-state index in [0.29, 0.717) is 6.54 Å². The van der Waals surface area contributed by atoms with Crippen molar-refractivity contribution < 1.29 is 4.79 Å². The molecule has 4 nitrogen and oxygen atoms in total. The third-order valence-electron chi connectivity index (χ3n) is 5.95. The zero-order valence-electron chi connectivity index (χ0n) is 15.3. The molecule has 1 unspecified atom stereocenters. The molecule has 0 bridgehead atoms. The molecule has 3 N–H and O–H groups in total. The van der Waals surface area contributed by atoms with Gasteiger partial charge in [-0.3, -0.25) is 4.79 Å². The molecule has 0 spiro atoms. The largest absolute Gasteiger partial charge is 0.372 e. The fourth-order valence-corrected chi connectivity index (χ4v) is 4.62. The van der Waals surface area contributed by atoms with Crippen molar-refractivity contribution in [2.45, 2.75) is 12.5 Å². The highest BCUT2D eigenvalue weighted by Crippen LogP contribution is 2.41. The Kier molecular flexibility index (Phi) is 3.18. The molecule has 3 aromatic carbocycles. The maximum atomic E-state index is 12.7. The molecule has 4 heteroatoms. The van der Waals surface area contributed by atoms with Crippen LogP contribution in [0, 0.1) is 0 Å². The molecule has 1 amide bonds. The third-order valence-corrected chi connectivity index (χ3v) is 5.95. The smallest absolute Gasteiger partial charge is 0.251 e. The van der Waals surface area contributed by atoms with Gasteiger partial charge >= 0.3 is 0 Å². The van der Waals surface area contributed by atoms with E-state index in [4.69, 9.17) is 0 Å². The van der Waals surface area contributed by atoms with Crippen molar-refractivity contribution in [1.82, 2.24) is 5.32 Å². The van der Waals surface area contributed by atoms with Crippen LogP contribution < -0.4 is 16.0 Å². The van der Waals surface area contributed by atoms with Gasteiger partial charge in [0.1, 0.15) is 0 Å². The van der Waals surface area contributed by atoms with E-state index in [1.807, 2.05) is 18.2 Å². The van der Waals surface area contributed by atoms with E-state index in [9.17, 15) is 4.79 Å². The monoisotopic (exact) mass is 365 g/mol. The summed E-state index contributed by atoms with van der Waals surface area (Å²) in [5.74, 6) is -0.00316. The number of carbonyl (C=O) groups excluding carboxylic acids is 1. The average Bonchev–Trinajstić information content (AvgIpc) is 3.21. The lowest BCUT2D eigenvalue weighted by molar-refractivity contribution is -0.116. The Morgan fingerprint density at radius 3 is 2.54 bits per heavy atom. The van der Waals surface area contributed by atoms with Crippen LogP contribution in [0.2, 0.25) is 0 Å². The normalized spacial score (nSPS) is 18.9. The minimum absolute atomic E-state index is 0.00316. The van der Waals surface area contributed by atoms with Crippen molar-refractivity contribution >= 4 is 17.3 Å². The molecule has 0 aromatic heterocycles. The van der Waals surface area contributed by atoms with Crippen LogP contribution in [0.15, 0.2) is 78.0 Å². The summed E-state index contributed by atoms with van der Waals surface area (Å²) in [5.41, 5.74) is 10.2. The highest BCUT2D eigenvalue weighted by Gasteiger charge is 2.34. The van der Waals surface area contributed by atoms with Crippen LogP contribution in [0.25, 0.3) is 11.1 Å². The van der Waals surface area contributed by atoms with Crippen molar-refractivity contribution in [1.29, 1.82) is 0 Å². The number of benzene rings is 3. The maximum Gasteiger partial charge on any atom is 0.251 e. The quantitative estimate of drug-likeness (QED) is 0.473. The van der Waals surface area contributed by atoms with E-state index in [0.717, 1.165) is 34.6 Å². The lowest BCUT2D eigenvalue weighted by atomic mass is 9.94. The SMILES string of the molecule is O=C1NCC2=C1C(c1ccc3c(c1)Cc1ccccc1-3)Nc1ccccc1N2. The molecule has 0 saturated carbocycles. The van der Waals surface area contributed by atoms with Gasteiger partial charge in [0.05, 0.1) is 29.5 Å². The Labute approximate surface area is 163 Å². The number of rotatable bonds is 1. The van der Waals surface area contributed by atoms with E-state index < -0.39 is 0 Å². The molecule has 1 atom stereocenters. The molecular weight excluding hydrogens is 346 g/mol. The summed E-state index contributed by atoms with van der Waals surface area (Å²) in [5, 5.41) is 10.0. The number of hydrogen-bond donors (Lipinski definition) is 3. The Morgan fingerprint density at radius 1 is 0.821 bits per heavy atom. The summed E-state index contributed by atoms with van der Waals surface area (Å²) < 4.78 is 0. The lowest BCUT2D eigenvalue weighted by Crippen LogP contribution is -2.24. The Balaban J connectivity index is 1.47. The van der Waals surface area contributed by atoms with Crippen LogP contribution >= 0.6 is 0 Å². The van der Waals surface area contributed by atoms with Gasteiger partial charge in [-0.2, -0.15) is 0 Å². The number of anilines is 2. The zero-order valence-corrected chi connectivity index (χ0v) is 15.3. The molecule has 0 fully saturated rings. The first kappa shape index (κ1) is 15.5. The molecule has 0 saturated heterocycles. The van der Waals surface area contributed by atoms with E-state index in [2.05, 4.69) is 64.5 Å². The van der Waals surface area contributed by atoms with Gasteiger partial charge in [0.2, 0.25) is 0 Å². The molecule has 136 valence electrons. The van der Waals surface area contributed by atoms with Gasteiger partial charge in [-0.1, -0.05) is 54.6 Å². The molecule has 1 aliphatic carbocycles. The highest BCUT2D eigenvalue weighted by atomic mass is 16.2. The lowest BCUT2D eigenvalue weighted by Gasteiger charge is -2.21. The summed E-state index contributed by atoms with van der Waals surface area (Å²) in [6.07, 6.45) is 0.943. The van der Waals surface area contributed by atoms with Gasteiger partial charge < -0.3 is 16.0 Å². The average molecular weight is 365 g/mol. The molecular formula is C24H19N3O. The van der Waals surface area contributed by atoms with Crippen molar-refractivity contribution in [3.8, 4) is 11.1 Å². The van der Waals surface area contributed by atoms with E-state index in [1.54, 1.807) is 0 Å². The second-order valence-electron chi connectivity index (χ2n) is 7.57. The van der Waals surface area contributed by atoms with Crippen LogP contribution in [-0.2, 0) is 11.2 Å². The van der Waals surface area contributed by atoms with E-state index >= 15 is 0 Å². The predicted molar refractivity (Wildman–Crippen MR) is 111 cm³/mol. The van der Waals surface area contributed by atoms with E-state index in [-0.39, 0.29) is 11.9 Å². The highest BCUT2D eigenvalue weighted by molar-refractivity contribution is 6.01. The molecule has 2 aliphatic heterocycles. The standard InChI is InChI=1S/C24H19N3O/c28-24-22-21(13-25-24)26-19-7-3-4-8-20(19)27-23(22)15-9-10-18-16(12-15)11-14-5-1-2-6-17(14)18/h1-10,12,23,26-27H,11,13H2,(H,25,28). The van der Waals surface area contributed by atoms with Crippen LogP contribution in [0.3, 0.4) is 0 Å². The molecule has 2 heterocycles. The first-order valence-corrected chi connectivity index (χ1v) is 9.63. The van der Waals surface area contributed by atoms with Gasteiger partial charge in [0, 0.05) is 5.70 Å². The zero-order chi connectivity index (χ0) is 18.7. The van der Waals surface area contributed by atoms with Crippen LogP contribution in [0.1, 0.15) is 22.7 Å². The second kappa shape index (κ2) is 5.73. The van der Waals surface area contributed by atoms with Gasteiger partial charge in [-0.15, -0.1) is 0 Å². The summed E-state index contributed by atoms with van der Waals surface area (Å²) in [7, 11) is 0. The second-order valence-corrected chi connectivity index (χ2v) is 7.57. The summed E-state index contributed by atoms with van der Waals surface area (Å²) in [6, 6.07) is 23.1. The molecule has 3 aromatic rings. The molecule has 0 radical (unpaired) electrons. The minimum Gasteiger partial charge on any atom is -0.372 e. The number of amides is 1. The predicted octanol–water partition coefficient (Wildman–Crippen LogP) is 4.22. The van der Waals surface area contributed by atoms with E-state index in [1.165, 1.54) is 22.3 Å². The number of fused-ring (bicyclic) bond motifs is 4. The summed E-state index contributed by atoms with van der Waals surface area (Å²) in [6.45, 7) is 0.539.